The molecular weight excluding hydrogens is 320 g/mol. The molecule has 114 valence electrons. The quantitative estimate of drug-likeness (QED) is 0.537. The van der Waals surface area contributed by atoms with Gasteiger partial charge in [0.05, 0.1) is 0 Å². The van der Waals surface area contributed by atoms with Crippen molar-refractivity contribution in [2.45, 2.75) is 5.88 Å². The third kappa shape index (κ3) is 3.33. The van der Waals surface area contributed by atoms with Gasteiger partial charge in [0.15, 0.2) is 0 Å². The molecule has 0 saturated heterocycles. The Morgan fingerprint density at radius 3 is 2.83 bits per heavy atom. The number of aromatic nitrogens is 6. The van der Waals surface area contributed by atoms with Gasteiger partial charge in [-0.3, -0.25) is 0 Å². The van der Waals surface area contributed by atoms with Crippen LogP contribution in [-0.4, -0.2) is 30.8 Å². The summed E-state index contributed by atoms with van der Waals surface area (Å²) in [5, 5.41) is 29.1. The zero-order chi connectivity index (χ0) is 16.1. The highest BCUT2D eigenvalue weighted by molar-refractivity contribution is 6.16. The van der Waals surface area contributed by atoms with Crippen LogP contribution < -0.4 is 5.32 Å². The number of tetrazole rings is 1. The molecule has 0 atom stereocenters. The Bertz CT molecular complexity index is 847. The summed E-state index contributed by atoms with van der Waals surface area (Å²) in [5.74, 6) is 1.22. The molecule has 10 heteroatoms. The van der Waals surface area contributed by atoms with Gasteiger partial charge in [-0.15, -0.1) is 21.8 Å². The van der Waals surface area contributed by atoms with Crippen molar-refractivity contribution in [3.8, 4) is 17.5 Å². The minimum Gasteiger partial charge on any atom is -0.360 e. The monoisotopic (exact) mass is 328 g/mol. The number of hydrogen-bond donors (Lipinski definition) is 2. The second-order valence-electron chi connectivity index (χ2n) is 4.27. The number of benzene rings is 1. The minimum absolute atomic E-state index is 0.171. The van der Waals surface area contributed by atoms with E-state index in [1.165, 1.54) is 6.20 Å². The number of aromatic amines is 1. The van der Waals surface area contributed by atoms with Crippen LogP contribution in [0.5, 0.6) is 0 Å². The number of nitriles is 1. The molecule has 2 heterocycles. The molecule has 9 nitrogen and oxygen atoms in total. The molecule has 2 aromatic heterocycles. The van der Waals surface area contributed by atoms with E-state index in [9.17, 15) is 0 Å². The molecule has 1 aromatic carbocycles. The summed E-state index contributed by atoms with van der Waals surface area (Å²) in [4.78, 5) is 4.14. The lowest BCUT2D eigenvalue weighted by Gasteiger charge is -2.01. The Morgan fingerprint density at radius 1 is 1.39 bits per heavy atom. The summed E-state index contributed by atoms with van der Waals surface area (Å²) in [5.41, 5.74) is 1.82. The van der Waals surface area contributed by atoms with Gasteiger partial charge in [0.25, 0.3) is 0 Å². The maximum atomic E-state index is 9.08. The summed E-state index contributed by atoms with van der Waals surface area (Å²) >= 11 is 5.62. The Balaban J connectivity index is 1.74. The predicted octanol–water partition coefficient (Wildman–Crippen LogP) is 1.97. The van der Waals surface area contributed by atoms with Crippen molar-refractivity contribution in [3.05, 3.63) is 42.2 Å². The minimum atomic E-state index is 0.171. The fraction of sp³-hybridized carbons (Fsp3) is 0.0769. The van der Waals surface area contributed by atoms with E-state index in [4.69, 9.17) is 21.4 Å². The van der Waals surface area contributed by atoms with Crippen LogP contribution >= 0.6 is 11.6 Å². The largest absolute Gasteiger partial charge is 0.360 e. The molecule has 0 saturated carbocycles. The van der Waals surface area contributed by atoms with E-state index >= 15 is 0 Å². The Morgan fingerprint density at radius 2 is 2.22 bits per heavy atom. The summed E-state index contributed by atoms with van der Waals surface area (Å²) in [6, 6.07) is 9.25. The molecule has 0 aliphatic carbocycles. The SMILES string of the molecule is N#CC(=CNc1ccc(-c2noc(CCl)n2)cc1)c1nn[nH]n1. The average molecular weight is 329 g/mol. The molecule has 0 amide bonds. The van der Waals surface area contributed by atoms with Crippen molar-refractivity contribution >= 4 is 22.9 Å². The van der Waals surface area contributed by atoms with E-state index in [0.29, 0.717) is 11.7 Å². The molecule has 3 aromatic rings. The highest BCUT2D eigenvalue weighted by Gasteiger charge is 2.08. The standard InChI is InChI=1S/C13H9ClN8O/c14-5-11-17-12(20-23-11)8-1-3-10(4-2-8)16-7-9(6-15)13-18-21-22-19-13/h1-4,7,16H,5H2,(H,18,19,21,22). The summed E-state index contributed by atoms with van der Waals surface area (Å²) < 4.78 is 4.96. The summed E-state index contributed by atoms with van der Waals surface area (Å²) in [6.07, 6.45) is 1.50. The van der Waals surface area contributed by atoms with Gasteiger partial charge in [0.2, 0.25) is 17.5 Å². The van der Waals surface area contributed by atoms with Crippen LogP contribution in [0.4, 0.5) is 5.69 Å². The fourth-order valence-electron chi connectivity index (χ4n) is 1.72. The van der Waals surface area contributed by atoms with Gasteiger partial charge in [0.1, 0.15) is 17.5 Å². The average Bonchev–Trinajstić information content (AvgIpc) is 3.28. The van der Waals surface area contributed by atoms with Gasteiger partial charge in [0, 0.05) is 17.5 Å². The number of nitrogens with one attached hydrogen (secondary N) is 2. The first-order chi connectivity index (χ1) is 11.3. The molecule has 0 fully saturated rings. The van der Waals surface area contributed by atoms with Gasteiger partial charge < -0.3 is 9.84 Å². The number of halogens is 1. The number of H-pyrrole nitrogens is 1. The summed E-state index contributed by atoms with van der Waals surface area (Å²) in [6.45, 7) is 0. The van der Waals surface area contributed by atoms with Crippen molar-refractivity contribution in [2.75, 3.05) is 5.32 Å². The number of alkyl halides is 1. The van der Waals surface area contributed by atoms with Crippen LogP contribution in [0.15, 0.2) is 35.0 Å². The number of anilines is 1. The highest BCUT2D eigenvalue weighted by Crippen LogP contribution is 2.19. The molecule has 0 unspecified atom stereocenters. The molecule has 0 aliphatic rings. The highest BCUT2D eigenvalue weighted by atomic mass is 35.5. The molecule has 2 N–H and O–H groups in total. The lowest BCUT2D eigenvalue weighted by atomic mass is 10.2. The molecule has 23 heavy (non-hydrogen) atoms. The van der Waals surface area contributed by atoms with Crippen LogP contribution in [0.25, 0.3) is 17.0 Å². The molecule has 0 radical (unpaired) electrons. The lowest BCUT2D eigenvalue weighted by molar-refractivity contribution is 0.391. The molecule has 3 rings (SSSR count). The van der Waals surface area contributed by atoms with E-state index in [2.05, 4.69) is 36.1 Å². The topological polar surface area (TPSA) is 129 Å². The Kier molecular flexibility index (Phi) is 4.26. The maximum Gasteiger partial charge on any atom is 0.241 e. The van der Waals surface area contributed by atoms with Crippen molar-refractivity contribution in [2.24, 2.45) is 0 Å². The van der Waals surface area contributed by atoms with Gasteiger partial charge in [-0.2, -0.15) is 15.5 Å². The molecular formula is C13H9ClN8O. The van der Waals surface area contributed by atoms with Crippen molar-refractivity contribution < 1.29 is 4.52 Å². The van der Waals surface area contributed by atoms with Crippen molar-refractivity contribution in [3.63, 3.8) is 0 Å². The first-order valence-corrected chi connectivity index (χ1v) is 6.93. The van der Waals surface area contributed by atoms with Crippen molar-refractivity contribution in [1.82, 2.24) is 30.8 Å². The Labute approximate surface area is 135 Å². The zero-order valence-electron chi connectivity index (χ0n) is 11.6. The molecule has 0 spiro atoms. The third-order valence-corrected chi connectivity index (χ3v) is 3.04. The van der Waals surface area contributed by atoms with E-state index in [0.717, 1.165) is 11.3 Å². The third-order valence-electron chi connectivity index (χ3n) is 2.82. The van der Waals surface area contributed by atoms with E-state index in [1.807, 2.05) is 30.3 Å². The smallest absolute Gasteiger partial charge is 0.241 e. The van der Waals surface area contributed by atoms with Crippen LogP contribution in [-0.2, 0) is 5.88 Å². The molecule has 0 aliphatic heterocycles. The van der Waals surface area contributed by atoms with E-state index in [1.54, 1.807) is 0 Å². The Hall–Kier alpha value is -3.25. The van der Waals surface area contributed by atoms with Crippen LogP contribution in [0, 0.1) is 11.3 Å². The van der Waals surface area contributed by atoms with Crippen LogP contribution in [0.3, 0.4) is 0 Å². The van der Waals surface area contributed by atoms with E-state index in [-0.39, 0.29) is 17.3 Å². The number of nitrogens with zero attached hydrogens (tertiary/aromatic N) is 6. The van der Waals surface area contributed by atoms with Crippen LogP contribution in [0.1, 0.15) is 11.7 Å². The van der Waals surface area contributed by atoms with E-state index < -0.39 is 0 Å². The first-order valence-electron chi connectivity index (χ1n) is 6.40. The normalized spacial score (nSPS) is 11.2. The maximum absolute atomic E-state index is 9.08. The van der Waals surface area contributed by atoms with Crippen LogP contribution in [0.2, 0.25) is 0 Å². The van der Waals surface area contributed by atoms with Crippen molar-refractivity contribution in [1.29, 1.82) is 5.26 Å². The number of allylic oxidation sites excluding steroid dienone is 1. The fourth-order valence-corrected chi connectivity index (χ4v) is 1.83. The predicted molar refractivity (Wildman–Crippen MR) is 80.7 cm³/mol. The second kappa shape index (κ2) is 6.67. The lowest BCUT2D eigenvalue weighted by Crippen LogP contribution is -1.93. The summed E-state index contributed by atoms with van der Waals surface area (Å²) in [7, 11) is 0. The second-order valence-corrected chi connectivity index (χ2v) is 4.54. The zero-order valence-corrected chi connectivity index (χ0v) is 12.3. The van der Waals surface area contributed by atoms with Gasteiger partial charge in [-0.25, -0.2) is 0 Å². The van der Waals surface area contributed by atoms with Gasteiger partial charge in [-0.1, -0.05) is 5.16 Å². The van der Waals surface area contributed by atoms with Gasteiger partial charge >= 0.3 is 0 Å². The molecule has 0 bridgehead atoms. The number of rotatable bonds is 5. The first kappa shape index (κ1) is 14.7. The number of hydrogen-bond acceptors (Lipinski definition) is 8. The van der Waals surface area contributed by atoms with Gasteiger partial charge in [-0.05, 0) is 29.5 Å².